The van der Waals surface area contributed by atoms with Crippen LogP contribution in [0.2, 0.25) is 0 Å². The van der Waals surface area contributed by atoms with Gasteiger partial charge in [-0.2, -0.15) is 0 Å². The monoisotopic (exact) mass is 385 g/mol. The van der Waals surface area contributed by atoms with Crippen molar-refractivity contribution >= 4 is 29.3 Å². The Balaban J connectivity index is 1.58. The van der Waals surface area contributed by atoms with Crippen LogP contribution in [0, 0.1) is 11.8 Å². The number of nitrogens with zero attached hydrogens (tertiary/aromatic N) is 1. The van der Waals surface area contributed by atoms with Crippen molar-refractivity contribution in [3.63, 3.8) is 0 Å². The van der Waals surface area contributed by atoms with Crippen LogP contribution < -0.4 is 10.6 Å². The van der Waals surface area contributed by atoms with Crippen LogP contribution in [0.15, 0.2) is 24.3 Å². The van der Waals surface area contributed by atoms with Gasteiger partial charge in [-0.05, 0) is 29.9 Å². The topological polar surface area (TPSA) is 95.6 Å². The molecule has 1 aromatic rings. The van der Waals surface area contributed by atoms with Gasteiger partial charge in [-0.3, -0.25) is 24.1 Å². The fourth-order valence-electron chi connectivity index (χ4n) is 3.93. The molecular weight excluding hydrogens is 358 g/mol. The zero-order chi connectivity index (χ0) is 20.1. The number of carbonyl (C=O) groups excluding carboxylic acids is 4. The van der Waals surface area contributed by atoms with Crippen molar-refractivity contribution in [1.29, 1.82) is 0 Å². The van der Waals surface area contributed by atoms with Gasteiger partial charge in [-0.1, -0.05) is 44.4 Å². The molecule has 7 heteroatoms. The Kier molecular flexibility index (Phi) is 6.44. The van der Waals surface area contributed by atoms with Crippen LogP contribution in [-0.2, 0) is 25.7 Å². The maximum Gasteiger partial charge on any atom is 0.313 e. The highest BCUT2D eigenvalue weighted by molar-refractivity contribution is 6.39. The second-order valence-electron chi connectivity index (χ2n) is 7.72. The first-order chi connectivity index (χ1) is 13.5. The van der Waals surface area contributed by atoms with Crippen molar-refractivity contribution in [3.05, 3.63) is 29.8 Å². The summed E-state index contributed by atoms with van der Waals surface area (Å²) in [5.41, 5.74) is 1.05. The molecule has 1 aliphatic heterocycles. The van der Waals surface area contributed by atoms with Gasteiger partial charge in [-0.15, -0.1) is 0 Å². The number of hydrogen-bond donors (Lipinski definition) is 2. The minimum absolute atomic E-state index is 0.0926. The van der Waals surface area contributed by atoms with E-state index in [9.17, 15) is 19.2 Å². The third-order valence-corrected chi connectivity index (χ3v) is 5.77. The van der Waals surface area contributed by atoms with Crippen LogP contribution in [0.4, 0.5) is 5.69 Å². The molecule has 3 rings (SSSR count). The molecular formula is C21H27N3O4. The van der Waals surface area contributed by atoms with E-state index in [0.29, 0.717) is 29.6 Å². The van der Waals surface area contributed by atoms with Crippen molar-refractivity contribution in [2.24, 2.45) is 11.8 Å². The summed E-state index contributed by atoms with van der Waals surface area (Å²) < 4.78 is 0. The minimum Gasteiger partial charge on any atom is -0.348 e. The maximum atomic E-state index is 12.3. The van der Waals surface area contributed by atoms with E-state index in [4.69, 9.17) is 0 Å². The Morgan fingerprint density at radius 1 is 1.04 bits per heavy atom. The van der Waals surface area contributed by atoms with Crippen LogP contribution in [0.5, 0.6) is 0 Å². The molecule has 150 valence electrons. The number of anilines is 1. The van der Waals surface area contributed by atoms with Gasteiger partial charge in [0.05, 0.1) is 6.54 Å². The molecule has 28 heavy (non-hydrogen) atoms. The van der Waals surface area contributed by atoms with E-state index in [0.717, 1.165) is 12.8 Å². The molecule has 0 radical (unpaired) electrons. The summed E-state index contributed by atoms with van der Waals surface area (Å²) in [7, 11) is 0. The Morgan fingerprint density at radius 3 is 2.43 bits per heavy atom. The van der Waals surface area contributed by atoms with Crippen LogP contribution >= 0.6 is 0 Å². The van der Waals surface area contributed by atoms with Gasteiger partial charge in [0.15, 0.2) is 0 Å². The quantitative estimate of drug-likeness (QED) is 0.600. The number of para-hydroxylation sites is 1. The summed E-state index contributed by atoms with van der Waals surface area (Å²) in [5, 5.41) is 5.35. The average Bonchev–Trinajstić information content (AvgIpc) is 3.00. The van der Waals surface area contributed by atoms with Crippen LogP contribution in [0.25, 0.3) is 0 Å². The number of benzene rings is 1. The van der Waals surface area contributed by atoms with E-state index >= 15 is 0 Å². The summed E-state index contributed by atoms with van der Waals surface area (Å²) >= 11 is 0. The molecule has 2 fully saturated rings. The summed E-state index contributed by atoms with van der Waals surface area (Å²) in [4.78, 5) is 49.4. The van der Waals surface area contributed by atoms with Gasteiger partial charge in [0.1, 0.15) is 0 Å². The first kappa shape index (κ1) is 20.0. The highest BCUT2D eigenvalue weighted by Crippen LogP contribution is 2.28. The van der Waals surface area contributed by atoms with Gasteiger partial charge in [0.25, 0.3) is 0 Å². The Labute approximate surface area is 164 Å². The zero-order valence-corrected chi connectivity index (χ0v) is 16.2. The predicted octanol–water partition coefficient (Wildman–Crippen LogP) is 2.22. The van der Waals surface area contributed by atoms with Crippen molar-refractivity contribution < 1.29 is 19.2 Å². The van der Waals surface area contributed by atoms with Crippen molar-refractivity contribution in [3.8, 4) is 0 Å². The second-order valence-corrected chi connectivity index (χ2v) is 7.72. The number of nitrogens with one attached hydrogen (secondary N) is 2. The van der Waals surface area contributed by atoms with Crippen molar-refractivity contribution in [2.45, 2.75) is 52.0 Å². The van der Waals surface area contributed by atoms with E-state index in [-0.39, 0.29) is 31.2 Å². The number of rotatable bonds is 5. The molecule has 1 aromatic carbocycles. The summed E-state index contributed by atoms with van der Waals surface area (Å²) in [5.74, 6) is -0.884. The molecule has 2 N–H and O–H groups in total. The SMILES string of the molecule is CC1CCCCC1CNC(=O)C(=O)Nc1ccccc1CN1C(=O)CCC1=O. The lowest BCUT2D eigenvalue weighted by Crippen LogP contribution is -2.40. The van der Waals surface area contributed by atoms with Crippen LogP contribution in [0.3, 0.4) is 0 Å². The van der Waals surface area contributed by atoms with Gasteiger partial charge in [0, 0.05) is 25.1 Å². The molecule has 7 nitrogen and oxygen atoms in total. The molecule has 1 saturated heterocycles. The normalized spacial score (nSPS) is 22.2. The number of amides is 4. The molecule has 1 saturated carbocycles. The van der Waals surface area contributed by atoms with E-state index in [1.54, 1.807) is 24.3 Å². The summed E-state index contributed by atoms with van der Waals surface area (Å²) in [6.45, 7) is 2.79. The fraction of sp³-hybridized carbons (Fsp3) is 0.524. The first-order valence-electron chi connectivity index (χ1n) is 9.96. The van der Waals surface area contributed by atoms with E-state index in [1.807, 2.05) is 0 Å². The lowest BCUT2D eigenvalue weighted by Gasteiger charge is -2.28. The lowest BCUT2D eigenvalue weighted by atomic mass is 9.80. The van der Waals surface area contributed by atoms with Crippen molar-refractivity contribution in [1.82, 2.24) is 10.2 Å². The largest absolute Gasteiger partial charge is 0.348 e. The number of imide groups is 1. The number of hydrogen-bond acceptors (Lipinski definition) is 4. The van der Waals surface area contributed by atoms with Gasteiger partial charge in [-0.25, -0.2) is 0 Å². The second kappa shape index (κ2) is 8.99. The van der Waals surface area contributed by atoms with Crippen LogP contribution in [-0.4, -0.2) is 35.1 Å². The fourth-order valence-corrected chi connectivity index (χ4v) is 3.93. The molecule has 2 aliphatic rings. The smallest absolute Gasteiger partial charge is 0.313 e. The molecule has 0 aromatic heterocycles. The van der Waals surface area contributed by atoms with Gasteiger partial charge in [0.2, 0.25) is 11.8 Å². The van der Waals surface area contributed by atoms with E-state index in [1.165, 1.54) is 17.7 Å². The van der Waals surface area contributed by atoms with Crippen LogP contribution in [0.1, 0.15) is 51.0 Å². The van der Waals surface area contributed by atoms with Gasteiger partial charge < -0.3 is 10.6 Å². The molecule has 1 aliphatic carbocycles. The summed E-state index contributed by atoms with van der Waals surface area (Å²) in [6, 6.07) is 6.89. The zero-order valence-electron chi connectivity index (χ0n) is 16.2. The lowest BCUT2D eigenvalue weighted by molar-refractivity contribution is -0.139. The first-order valence-corrected chi connectivity index (χ1v) is 9.96. The van der Waals surface area contributed by atoms with Crippen molar-refractivity contribution in [2.75, 3.05) is 11.9 Å². The third-order valence-electron chi connectivity index (χ3n) is 5.77. The molecule has 2 unspecified atom stereocenters. The maximum absolute atomic E-state index is 12.3. The Hall–Kier alpha value is -2.70. The van der Waals surface area contributed by atoms with E-state index in [2.05, 4.69) is 17.6 Å². The number of likely N-dealkylation sites (tertiary alicyclic amines) is 1. The molecule has 0 bridgehead atoms. The highest BCUT2D eigenvalue weighted by atomic mass is 16.2. The van der Waals surface area contributed by atoms with E-state index < -0.39 is 11.8 Å². The van der Waals surface area contributed by atoms with Gasteiger partial charge >= 0.3 is 11.8 Å². The Bertz CT molecular complexity index is 761. The molecule has 2 atom stereocenters. The molecule has 0 spiro atoms. The Morgan fingerprint density at radius 2 is 1.71 bits per heavy atom. The third kappa shape index (κ3) is 4.77. The standard InChI is InChI=1S/C21H27N3O4/c1-14-6-2-3-7-15(14)12-22-20(27)21(28)23-17-9-5-4-8-16(17)13-24-18(25)10-11-19(24)26/h4-5,8-9,14-15H,2-3,6-7,10-13H2,1H3,(H,22,27)(H,23,28). The minimum atomic E-state index is -0.741. The number of carbonyl (C=O) groups is 4. The predicted molar refractivity (Wildman–Crippen MR) is 104 cm³/mol. The molecule has 1 heterocycles. The molecule has 4 amide bonds. The average molecular weight is 385 g/mol. The summed E-state index contributed by atoms with van der Waals surface area (Å²) in [6.07, 6.45) is 5.06. The highest BCUT2D eigenvalue weighted by Gasteiger charge is 2.29.